The van der Waals surface area contributed by atoms with Crippen molar-refractivity contribution in [2.45, 2.75) is 31.3 Å². The highest BCUT2D eigenvalue weighted by molar-refractivity contribution is 6.30. The smallest absolute Gasteiger partial charge is 0.0831 e. The summed E-state index contributed by atoms with van der Waals surface area (Å²) in [4.78, 5) is 0. The first-order chi connectivity index (χ1) is 10.3. The van der Waals surface area contributed by atoms with Crippen molar-refractivity contribution in [3.8, 4) is 0 Å². The first kappa shape index (κ1) is 13.4. The Bertz CT molecular complexity index is 634. The van der Waals surface area contributed by atoms with Gasteiger partial charge in [-0.3, -0.25) is 0 Å². The lowest BCUT2D eigenvalue weighted by Crippen LogP contribution is -2.32. The van der Waals surface area contributed by atoms with Gasteiger partial charge in [-0.05, 0) is 59.9 Å². The van der Waals surface area contributed by atoms with Gasteiger partial charge in [-0.25, -0.2) is 0 Å². The van der Waals surface area contributed by atoms with Crippen LogP contribution in [-0.4, -0.2) is 6.61 Å². The highest BCUT2D eigenvalue weighted by atomic mass is 35.5. The van der Waals surface area contributed by atoms with Gasteiger partial charge in [-0.1, -0.05) is 48.0 Å². The summed E-state index contributed by atoms with van der Waals surface area (Å²) < 4.78 is 6.15. The molecule has 0 spiro atoms. The molecule has 21 heavy (non-hydrogen) atoms. The van der Waals surface area contributed by atoms with Gasteiger partial charge in [0.25, 0.3) is 0 Å². The van der Waals surface area contributed by atoms with Crippen LogP contribution in [-0.2, 0) is 11.2 Å². The number of aryl methyl sites for hydroxylation is 1. The maximum absolute atomic E-state index is 6.15. The molecular formula is C19H19ClO. The summed E-state index contributed by atoms with van der Waals surface area (Å²) in [5.74, 6) is 1.33. The normalized spacial score (nSPS) is 27.8. The van der Waals surface area contributed by atoms with Crippen molar-refractivity contribution in [2.75, 3.05) is 6.61 Å². The number of hydrogen-bond acceptors (Lipinski definition) is 1. The highest BCUT2D eigenvalue weighted by Gasteiger charge is 2.36. The third-order valence-corrected chi connectivity index (χ3v) is 5.28. The second-order valence-electron chi connectivity index (χ2n) is 6.21. The third-order valence-electron chi connectivity index (χ3n) is 5.03. The van der Waals surface area contributed by atoms with Crippen LogP contribution in [0.25, 0.3) is 0 Å². The Morgan fingerprint density at radius 3 is 2.67 bits per heavy atom. The molecule has 1 aliphatic carbocycles. The van der Waals surface area contributed by atoms with E-state index in [1.807, 2.05) is 12.1 Å². The van der Waals surface area contributed by atoms with Crippen LogP contribution in [0, 0.1) is 5.92 Å². The Morgan fingerprint density at radius 2 is 1.81 bits per heavy atom. The number of halogens is 1. The van der Waals surface area contributed by atoms with E-state index in [4.69, 9.17) is 16.3 Å². The van der Waals surface area contributed by atoms with E-state index in [1.54, 1.807) is 5.56 Å². The molecule has 4 rings (SSSR count). The van der Waals surface area contributed by atoms with Gasteiger partial charge >= 0.3 is 0 Å². The molecule has 1 fully saturated rings. The fourth-order valence-corrected chi connectivity index (χ4v) is 4.01. The summed E-state index contributed by atoms with van der Waals surface area (Å²) in [6.07, 6.45) is 3.75. The van der Waals surface area contributed by atoms with E-state index in [1.165, 1.54) is 24.0 Å². The van der Waals surface area contributed by atoms with Crippen LogP contribution in [0.5, 0.6) is 0 Å². The SMILES string of the molecule is Clc1ccc([C@@H]2C[C@@H]3c4ccccc4CC[C@H]3CO2)cc1. The highest BCUT2D eigenvalue weighted by Crippen LogP contribution is 2.46. The van der Waals surface area contributed by atoms with E-state index in [9.17, 15) is 0 Å². The Labute approximate surface area is 130 Å². The minimum absolute atomic E-state index is 0.203. The maximum Gasteiger partial charge on any atom is 0.0831 e. The van der Waals surface area contributed by atoms with Gasteiger partial charge in [0.2, 0.25) is 0 Å². The number of ether oxygens (including phenoxy) is 1. The molecule has 0 unspecified atom stereocenters. The van der Waals surface area contributed by atoms with E-state index in [0.717, 1.165) is 18.1 Å². The molecule has 2 aromatic rings. The van der Waals surface area contributed by atoms with Crippen LogP contribution in [0.3, 0.4) is 0 Å². The Balaban J connectivity index is 1.62. The summed E-state index contributed by atoms with van der Waals surface area (Å²) in [5, 5.41) is 0.787. The van der Waals surface area contributed by atoms with Crippen LogP contribution in [0.15, 0.2) is 48.5 Å². The summed E-state index contributed by atoms with van der Waals surface area (Å²) in [6, 6.07) is 17.1. The van der Waals surface area contributed by atoms with Gasteiger partial charge in [-0.2, -0.15) is 0 Å². The number of benzene rings is 2. The molecule has 1 nitrogen and oxygen atoms in total. The van der Waals surface area contributed by atoms with Crippen LogP contribution >= 0.6 is 11.6 Å². The lowest BCUT2D eigenvalue weighted by molar-refractivity contribution is -0.0340. The zero-order chi connectivity index (χ0) is 14.2. The van der Waals surface area contributed by atoms with Crippen LogP contribution in [0.4, 0.5) is 0 Å². The zero-order valence-electron chi connectivity index (χ0n) is 12.0. The van der Waals surface area contributed by atoms with Crippen molar-refractivity contribution in [3.05, 3.63) is 70.2 Å². The zero-order valence-corrected chi connectivity index (χ0v) is 12.7. The largest absolute Gasteiger partial charge is 0.373 e. The van der Waals surface area contributed by atoms with E-state index in [0.29, 0.717) is 11.8 Å². The molecule has 2 aliphatic rings. The first-order valence-electron chi connectivity index (χ1n) is 7.76. The minimum atomic E-state index is 0.203. The van der Waals surface area contributed by atoms with Gasteiger partial charge < -0.3 is 4.74 Å². The molecule has 2 aromatic carbocycles. The molecule has 0 aromatic heterocycles. The fraction of sp³-hybridized carbons (Fsp3) is 0.368. The molecule has 0 radical (unpaired) electrons. The lowest BCUT2D eigenvalue weighted by atomic mass is 9.71. The van der Waals surface area contributed by atoms with Crippen molar-refractivity contribution in [2.24, 2.45) is 5.92 Å². The van der Waals surface area contributed by atoms with Gasteiger partial charge in [0.15, 0.2) is 0 Å². The summed E-state index contributed by atoms with van der Waals surface area (Å²) in [6.45, 7) is 0.881. The monoisotopic (exact) mass is 298 g/mol. The maximum atomic E-state index is 6.15. The summed E-state index contributed by atoms with van der Waals surface area (Å²) in [5.41, 5.74) is 4.34. The Kier molecular flexibility index (Phi) is 3.48. The van der Waals surface area contributed by atoms with Gasteiger partial charge in [0, 0.05) is 5.02 Å². The summed E-state index contributed by atoms with van der Waals surface area (Å²) in [7, 11) is 0. The quantitative estimate of drug-likeness (QED) is 0.707. The molecule has 0 bridgehead atoms. The average molecular weight is 299 g/mol. The fourth-order valence-electron chi connectivity index (χ4n) is 3.89. The van der Waals surface area contributed by atoms with E-state index >= 15 is 0 Å². The number of hydrogen-bond donors (Lipinski definition) is 0. The van der Waals surface area contributed by atoms with Crippen molar-refractivity contribution < 1.29 is 4.74 Å². The molecule has 108 valence electrons. The van der Waals surface area contributed by atoms with Crippen LogP contribution < -0.4 is 0 Å². The van der Waals surface area contributed by atoms with Crippen LogP contribution in [0.2, 0.25) is 5.02 Å². The topological polar surface area (TPSA) is 9.23 Å². The predicted octanol–water partition coefficient (Wildman–Crippen LogP) is 5.15. The van der Waals surface area contributed by atoms with Crippen LogP contribution in [0.1, 0.15) is 41.6 Å². The predicted molar refractivity (Wildman–Crippen MR) is 85.8 cm³/mol. The van der Waals surface area contributed by atoms with Crippen molar-refractivity contribution in [1.29, 1.82) is 0 Å². The molecule has 1 saturated heterocycles. The summed E-state index contributed by atoms with van der Waals surface area (Å²) >= 11 is 5.99. The molecule has 1 aliphatic heterocycles. The van der Waals surface area contributed by atoms with E-state index < -0.39 is 0 Å². The van der Waals surface area contributed by atoms with Gasteiger partial charge in [0.05, 0.1) is 12.7 Å². The van der Waals surface area contributed by atoms with Gasteiger partial charge in [0.1, 0.15) is 0 Å². The average Bonchev–Trinajstić information content (AvgIpc) is 2.55. The molecule has 0 N–H and O–H groups in total. The van der Waals surface area contributed by atoms with Crippen molar-refractivity contribution >= 4 is 11.6 Å². The standard InChI is InChI=1S/C19H19ClO/c20-16-9-7-14(8-10-16)19-11-18-15(12-21-19)6-5-13-3-1-2-4-17(13)18/h1-4,7-10,15,18-19H,5-6,11-12H2/t15-,18-,19-/m0/s1. The first-order valence-corrected chi connectivity index (χ1v) is 8.14. The second-order valence-corrected chi connectivity index (χ2v) is 6.65. The third kappa shape index (κ3) is 2.49. The molecule has 1 heterocycles. The molecule has 3 atom stereocenters. The molecule has 2 heteroatoms. The molecule has 0 amide bonds. The van der Waals surface area contributed by atoms with E-state index in [-0.39, 0.29) is 6.10 Å². The lowest BCUT2D eigenvalue weighted by Gasteiger charge is -2.40. The van der Waals surface area contributed by atoms with E-state index in [2.05, 4.69) is 36.4 Å². The van der Waals surface area contributed by atoms with Crippen molar-refractivity contribution in [3.63, 3.8) is 0 Å². The Morgan fingerprint density at radius 1 is 1.00 bits per heavy atom. The second kappa shape index (κ2) is 5.47. The number of rotatable bonds is 1. The number of fused-ring (bicyclic) bond motifs is 3. The molecule has 0 saturated carbocycles. The minimum Gasteiger partial charge on any atom is -0.373 e. The van der Waals surface area contributed by atoms with Gasteiger partial charge in [-0.15, -0.1) is 0 Å². The molecular weight excluding hydrogens is 280 g/mol. The van der Waals surface area contributed by atoms with Crippen molar-refractivity contribution in [1.82, 2.24) is 0 Å². The Hall–Kier alpha value is -1.31.